The molecule has 0 saturated heterocycles. The molecule has 3 heteroatoms. The summed E-state index contributed by atoms with van der Waals surface area (Å²) in [5, 5.41) is 5.55. The van der Waals surface area contributed by atoms with Gasteiger partial charge in [0.15, 0.2) is 0 Å². The fourth-order valence-corrected chi connectivity index (χ4v) is 2.11. The molecule has 1 unspecified atom stereocenters. The fraction of sp³-hybridized carbons (Fsp3) is 0.600. The topological polar surface area (TPSA) is 38.0 Å². The first-order chi connectivity index (χ1) is 6.27. The van der Waals surface area contributed by atoms with Crippen molar-refractivity contribution in [3.05, 3.63) is 21.9 Å². The lowest BCUT2D eigenvalue weighted by Crippen LogP contribution is -2.32. The Balaban J connectivity index is 2.44. The number of nitrogens with one attached hydrogen (secondary N) is 1. The molecule has 1 aromatic rings. The van der Waals surface area contributed by atoms with Gasteiger partial charge in [0.05, 0.1) is 0 Å². The van der Waals surface area contributed by atoms with Crippen molar-refractivity contribution in [1.82, 2.24) is 5.32 Å². The minimum atomic E-state index is 0.409. The third kappa shape index (κ3) is 3.10. The number of hydrogen-bond donors (Lipinski definition) is 2. The molecule has 0 aromatic carbocycles. The van der Waals surface area contributed by atoms with E-state index < -0.39 is 0 Å². The number of rotatable bonds is 5. The molecule has 0 bridgehead atoms. The smallest absolute Gasteiger partial charge is 0.0305 e. The van der Waals surface area contributed by atoms with Crippen LogP contribution in [0.3, 0.4) is 0 Å². The molecule has 1 rings (SSSR count). The van der Waals surface area contributed by atoms with Crippen molar-refractivity contribution in [1.29, 1.82) is 0 Å². The maximum Gasteiger partial charge on any atom is 0.0305 e. The molecule has 1 aromatic heterocycles. The summed E-state index contributed by atoms with van der Waals surface area (Å²) in [6.07, 6.45) is 1.12. The van der Waals surface area contributed by atoms with E-state index >= 15 is 0 Å². The predicted octanol–water partition coefficient (Wildman–Crippen LogP) is 1.75. The lowest BCUT2D eigenvalue weighted by atomic mass is 10.2. The van der Waals surface area contributed by atoms with Crippen LogP contribution in [0.5, 0.6) is 0 Å². The van der Waals surface area contributed by atoms with Crippen LogP contribution in [0.15, 0.2) is 11.4 Å². The summed E-state index contributed by atoms with van der Waals surface area (Å²) in [5.74, 6) is 0. The lowest BCUT2D eigenvalue weighted by Gasteiger charge is -2.10. The van der Waals surface area contributed by atoms with Gasteiger partial charge in [0, 0.05) is 24.0 Å². The van der Waals surface area contributed by atoms with Gasteiger partial charge in [-0.3, -0.25) is 0 Å². The van der Waals surface area contributed by atoms with Crippen molar-refractivity contribution in [2.75, 3.05) is 6.54 Å². The molecule has 0 aliphatic rings. The minimum Gasteiger partial charge on any atom is -0.329 e. The molecular formula is C10H18N2S. The Morgan fingerprint density at radius 1 is 1.62 bits per heavy atom. The van der Waals surface area contributed by atoms with Gasteiger partial charge >= 0.3 is 0 Å². The molecule has 0 radical (unpaired) electrons. The normalized spacial score (nSPS) is 13.2. The zero-order chi connectivity index (χ0) is 9.68. The molecule has 0 aliphatic heterocycles. The predicted molar refractivity (Wildman–Crippen MR) is 59.1 cm³/mol. The maximum absolute atomic E-state index is 5.52. The van der Waals surface area contributed by atoms with Crippen molar-refractivity contribution >= 4 is 11.3 Å². The van der Waals surface area contributed by atoms with Gasteiger partial charge in [0.2, 0.25) is 0 Å². The van der Waals surface area contributed by atoms with Gasteiger partial charge in [-0.25, -0.2) is 0 Å². The second kappa shape index (κ2) is 5.37. The van der Waals surface area contributed by atoms with Crippen LogP contribution in [0, 0.1) is 0 Å². The van der Waals surface area contributed by atoms with E-state index in [4.69, 9.17) is 5.73 Å². The van der Waals surface area contributed by atoms with Gasteiger partial charge in [-0.1, -0.05) is 6.92 Å². The van der Waals surface area contributed by atoms with Gasteiger partial charge in [-0.05, 0) is 30.4 Å². The van der Waals surface area contributed by atoms with Crippen molar-refractivity contribution in [2.24, 2.45) is 5.73 Å². The number of nitrogens with two attached hydrogens (primary N) is 1. The van der Waals surface area contributed by atoms with Crippen LogP contribution in [0.4, 0.5) is 0 Å². The van der Waals surface area contributed by atoms with E-state index in [2.05, 4.69) is 30.6 Å². The van der Waals surface area contributed by atoms with E-state index in [1.54, 1.807) is 0 Å². The Bertz CT molecular complexity index is 245. The highest BCUT2D eigenvalue weighted by Crippen LogP contribution is 2.16. The Hall–Kier alpha value is -0.380. The van der Waals surface area contributed by atoms with E-state index in [-0.39, 0.29) is 0 Å². The van der Waals surface area contributed by atoms with Gasteiger partial charge in [-0.2, -0.15) is 0 Å². The van der Waals surface area contributed by atoms with E-state index in [9.17, 15) is 0 Å². The largest absolute Gasteiger partial charge is 0.329 e. The SMILES string of the molecule is CCc1ccsc1CNC(C)CN. The molecule has 13 heavy (non-hydrogen) atoms. The van der Waals surface area contributed by atoms with Crippen LogP contribution in [0.1, 0.15) is 24.3 Å². The number of aryl methyl sites for hydroxylation is 1. The van der Waals surface area contributed by atoms with Crippen molar-refractivity contribution in [3.63, 3.8) is 0 Å². The summed E-state index contributed by atoms with van der Waals surface area (Å²) in [6.45, 7) is 5.96. The molecule has 1 atom stereocenters. The molecule has 3 N–H and O–H groups in total. The molecule has 0 saturated carbocycles. The minimum absolute atomic E-state index is 0.409. The third-order valence-electron chi connectivity index (χ3n) is 2.18. The van der Waals surface area contributed by atoms with Gasteiger partial charge in [0.1, 0.15) is 0 Å². The first kappa shape index (κ1) is 10.7. The molecule has 0 spiro atoms. The van der Waals surface area contributed by atoms with Crippen molar-refractivity contribution in [2.45, 2.75) is 32.9 Å². The standard InChI is InChI=1S/C10H18N2S/c1-3-9-4-5-13-10(9)7-12-8(2)6-11/h4-5,8,12H,3,6-7,11H2,1-2H3. The Labute approximate surface area is 84.2 Å². The van der Waals surface area contributed by atoms with Crippen LogP contribution >= 0.6 is 11.3 Å². The lowest BCUT2D eigenvalue weighted by molar-refractivity contribution is 0.558. The molecule has 74 valence electrons. The third-order valence-corrected chi connectivity index (χ3v) is 3.15. The fourth-order valence-electron chi connectivity index (χ4n) is 1.19. The van der Waals surface area contributed by atoms with Gasteiger partial charge < -0.3 is 11.1 Å². The quantitative estimate of drug-likeness (QED) is 0.756. The Kier molecular flexibility index (Phi) is 4.42. The summed E-state index contributed by atoms with van der Waals surface area (Å²) in [6, 6.07) is 2.61. The van der Waals surface area contributed by atoms with E-state index in [1.165, 1.54) is 10.4 Å². The highest BCUT2D eigenvalue weighted by atomic mass is 32.1. The number of hydrogen-bond acceptors (Lipinski definition) is 3. The molecule has 1 heterocycles. The molecular weight excluding hydrogens is 180 g/mol. The number of thiophene rings is 1. The van der Waals surface area contributed by atoms with Crippen LogP contribution < -0.4 is 11.1 Å². The molecule has 0 aliphatic carbocycles. The van der Waals surface area contributed by atoms with Gasteiger partial charge in [0.25, 0.3) is 0 Å². The summed E-state index contributed by atoms with van der Waals surface area (Å²) in [5.41, 5.74) is 6.98. The summed E-state index contributed by atoms with van der Waals surface area (Å²) >= 11 is 1.82. The summed E-state index contributed by atoms with van der Waals surface area (Å²) < 4.78 is 0. The van der Waals surface area contributed by atoms with E-state index in [0.717, 1.165) is 13.0 Å². The Morgan fingerprint density at radius 3 is 3.00 bits per heavy atom. The van der Waals surface area contributed by atoms with Crippen LogP contribution in [-0.4, -0.2) is 12.6 Å². The zero-order valence-corrected chi connectivity index (χ0v) is 9.16. The summed E-state index contributed by atoms with van der Waals surface area (Å²) in [4.78, 5) is 1.45. The molecule has 2 nitrogen and oxygen atoms in total. The van der Waals surface area contributed by atoms with Crippen LogP contribution in [0.2, 0.25) is 0 Å². The first-order valence-electron chi connectivity index (χ1n) is 4.76. The summed E-state index contributed by atoms with van der Waals surface area (Å²) in [7, 11) is 0. The molecule has 0 fully saturated rings. The highest BCUT2D eigenvalue weighted by molar-refractivity contribution is 7.10. The average Bonchev–Trinajstić information content (AvgIpc) is 2.61. The highest BCUT2D eigenvalue weighted by Gasteiger charge is 2.03. The second-order valence-electron chi connectivity index (χ2n) is 3.24. The van der Waals surface area contributed by atoms with Crippen LogP contribution in [0.25, 0.3) is 0 Å². The Morgan fingerprint density at radius 2 is 2.38 bits per heavy atom. The maximum atomic E-state index is 5.52. The molecule has 0 amide bonds. The van der Waals surface area contributed by atoms with Crippen molar-refractivity contribution in [3.8, 4) is 0 Å². The second-order valence-corrected chi connectivity index (χ2v) is 4.24. The van der Waals surface area contributed by atoms with Gasteiger partial charge in [-0.15, -0.1) is 11.3 Å². The van der Waals surface area contributed by atoms with E-state index in [0.29, 0.717) is 12.6 Å². The zero-order valence-electron chi connectivity index (χ0n) is 8.34. The van der Waals surface area contributed by atoms with Crippen LogP contribution in [-0.2, 0) is 13.0 Å². The average molecular weight is 198 g/mol. The van der Waals surface area contributed by atoms with Crippen molar-refractivity contribution < 1.29 is 0 Å². The van der Waals surface area contributed by atoms with E-state index in [1.807, 2.05) is 11.3 Å². The first-order valence-corrected chi connectivity index (χ1v) is 5.64. The monoisotopic (exact) mass is 198 g/mol.